The summed E-state index contributed by atoms with van der Waals surface area (Å²) in [6.07, 6.45) is 6.75. The van der Waals surface area contributed by atoms with Crippen molar-refractivity contribution in [1.82, 2.24) is 5.32 Å². The highest BCUT2D eigenvalue weighted by Crippen LogP contribution is 2.30. The van der Waals surface area contributed by atoms with E-state index < -0.39 is 0 Å². The van der Waals surface area contributed by atoms with Gasteiger partial charge >= 0.3 is 0 Å². The van der Waals surface area contributed by atoms with Crippen molar-refractivity contribution in [3.63, 3.8) is 0 Å². The average molecular weight is 241 g/mol. The van der Waals surface area contributed by atoms with Gasteiger partial charge in [0.15, 0.2) is 0 Å². The summed E-state index contributed by atoms with van der Waals surface area (Å²) in [7, 11) is 0. The molecule has 0 spiro atoms. The van der Waals surface area contributed by atoms with E-state index in [1.54, 1.807) is 0 Å². The molecule has 0 aromatic rings. The van der Waals surface area contributed by atoms with Crippen LogP contribution in [0.5, 0.6) is 0 Å². The van der Waals surface area contributed by atoms with Gasteiger partial charge in [-0.25, -0.2) is 0 Å². The predicted octanol–water partition coefficient (Wildman–Crippen LogP) is 3.97. The Hall–Kier alpha value is -0.440. The minimum atomic E-state index is 0.0354. The molecule has 16 heavy (non-hydrogen) atoms. The Labute approximate surface area is 103 Å². The number of carbonyl (C=O) groups is 1. The van der Waals surface area contributed by atoms with Gasteiger partial charge < -0.3 is 5.32 Å². The molecular formula is C13H23NOS. The molecule has 1 aliphatic carbocycles. The normalized spacial score (nSPS) is 19.4. The minimum absolute atomic E-state index is 0.0354. The lowest BCUT2D eigenvalue weighted by Crippen LogP contribution is -2.40. The maximum absolute atomic E-state index is 11.8. The second kappa shape index (κ2) is 5.76. The molecule has 1 amide bonds. The number of thioether (sulfide) groups is 1. The average Bonchev–Trinajstić information content (AvgIpc) is 2.64. The predicted molar refractivity (Wildman–Crippen MR) is 71.8 cm³/mol. The first-order chi connectivity index (χ1) is 7.43. The van der Waals surface area contributed by atoms with Gasteiger partial charge in [-0.05, 0) is 18.3 Å². The third-order valence-electron chi connectivity index (χ3n) is 3.02. The minimum Gasteiger partial charge on any atom is -0.340 e. The maximum Gasteiger partial charge on any atom is 0.279 e. The van der Waals surface area contributed by atoms with Gasteiger partial charge in [0.1, 0.15) is 0 Å². The van der Waals surface area contributed by atoms with Gasteiger partial charge in [-0.15, -0.1) is 6.58 Å². The number of amides is 1. The molecule has 1 aliphatic rings. The summed E-state index contributed by atoms with van der Waals surface area (Å²) in [5.41, 5.74) is 0.0354. The largest absolute Gasteiger partial charge is 0.340 e. The fraction of sp³-hybridized carbons (Fsp3) is 0.769. The maximum atomic E-state index is 11.8. The van der Waals surface area contributed by atoms with E-state index >= 15 is 0 Å². The smallest absolute Gasteiger partial charge is 0.279 e. The number of hydrogen-bond acceptors (Lipinski definition) is 2. The molecule has 92 valence electrons. The van der Waals surface area contributed by atoms with Crippen molar-refractivity contribution in [2.75, 3.05) is 0 Å². The SMILES string of the molecule is C=C[C@@H](NC(=O)SC1CCCC1)C(C)(C)C. The Balaban J connectivity index is 2.39. The van der Waals surface area contributed by atoms with E-state index in [9.17, 15) is 4.79 Å². The molecule has 2 nitrogen and oxygen atoms in total. The molecule has 1 atom stereocenters. The molecule has 0 saturated heterocycles. The lowest BCUT2D eigenvalue weighted by atomic mass is 9.87. The van der Waals surface area contributed by atoms with E-state index in [2.05, 4.69) is 32.7 Å². The van der Waals surface area contributed by atoms with E-state index in [-0.39, 0.29) is 16.7 Å². The van der Waals surface area contributed by atoms with E-state index in [4.69, 9.17) is 0 Å². The quantitative estimate of drug-likeness (QED) is 0.757. The first-order valence-corrected chi connectivity index (χ1v) is 6.91. The highest BCUT2D eigenvalue weighted by Gasteiger charge is 2.25. The molecule has 0 aliphatic heterocycles. The van der Waals surface area contributed by atoms with Crippen LogP contribution in [0.3, 0.4) is 0 Å². The lowest BCUT2D eigenvalue weighted by molar-refractivity contribution is 0.247. The fourth-order valence-corrected chi connectivity index (χ4v) is 3.01. The summed E-state index contributed by atoms with van der Waals surface area (Å²) in [5, 5.41) is 3.68. The molecule has 1 fully saturated rings. The van der Waals surface area contributed by atoms with Crippen LogP contribution < -0.4 is 5.32 Å². The van der Waals surface area contributed by atoms with Crippen LogP contribution in [0.15, 0.2) is 12.7 Å². The highest BCUT2D eigenvalue weighted by atomic mass is 32.2. The van der Waals surface area contributed by atoms with Crippen molar-refractivity contribution in [3.8, 4) is 0 Å². The molecule has 3 heteroatoms. The first kappa shape index (κ1) is 13.6. The van der Waals surface area contributed by atoms with Crippen molar-refractivity contribution < 1.29 is 4.79 Å². The first-order valence-electron chi connectivity index (χ1n) is 6.03. The van der Waals surface area contributed by atoms with Crippen LogP contribution in [0.25, 0.3) is 0 Å². The number of nitrogens with one attached hydrogen (secondary N) is 1. The zero-order chi connectivity index (χ0) is 12.2. The Morgan fingerprint density at radius 3 is 2.44 bits per heavy atom. The number of hydrogen-bond donors (Lipinski definition) is 1. The molecule has 1 rings (SSSR count). The van der Waals surface area contributed by atoms with Crippen molar-refractivity contribution in [3.05, 3.63) is 12.7 Å². The fourth-order valence-electron chi connectivity index (χ4n) is 1.95. The molecule has 1 saturated carbocycles. The van der Waals surface area contributed by atoms with Gasteiger partial charge in [-0.3, -0.25) is 4.79 Å². The van der Waals surface area contributed by atoms with E-state index in [1.807, 2.05) is 6.08 Å². The summed E-state index contributed by atoms with van der Waals surface area (Å²) in [6, 6.07) is 0.0499. The van der Waals surface area contributed by atoms with Crippen LogP contribution in [0.2, 0.25) is 0 Å². The second-order valence-electron chi connectivity index (χ2n) is 5.54. The molecule has 0 aromatic heterocycles. The van der Waals surface area contributed by atoms with Crippen LogP contribution >= 0.6 is 11.8 Å². The van der Waals surface area contributed by atoms with E-state index in [0.717, 1.165) is 0 Å². The zero-order valence-electron chi connectivity index (χ0n) is 10.6. The summed E-state index contributed by atoms with van der Waals surface area (Å²) in [4.78, 5) is 11.8. The van der Waals surface area contributed by atoms with Gasteiger partial charge in [-0.1, -0.05) is 51.5 Å². The lowest BCUT2D eigenvalue weighted by Gasteiger charge is -2.28. The third-order valence-corrected chi connectivity index (χ3v) is 4.15. The standard InChI is InChI=1S/C13H23NOS/c1-5-11(13(2,3)4)14-12(15)16-10-8-6-7-9-10/h5,10-11H,1,6-9H2,2-4H3,(H,14,15)/t11-/m1/s1. The van der Waals surface area contributed by atoms with Crippen molar-refractivity contribution in [1.29, 1.82) is 0 Å². The summed E-state index contributed by atoms with van der Waals surface area (Å²) in [6.45, 7) is 10.1. The molecule has 0 aromatic carbocycles. The van der Waals surface area contributed by atoms with Crippen molar-refractivity contribution >= 4 is 17.0 Å². The van der Waals surface area contributed by atoms with E-state index in [0.29, 0.717) is 5.25 Å². The highest BCUT2D eigenvalue weighted by molar-refractivity contribution is 8.14. The Kier molecular flexibility index (Phi) is 4.90. The van der Waals surface area contributed by atoms with Crippen LogP contribution in [0.1, 0.15) is 46.5 Å². The molecular weight excluding hydrogens is 218 g/mol. The summed E-state index contributed by atoms with van der Waals surface area (Å²) >= 11 is 1.47. The molecule has 0 radical (unpaired) electrons. The third kappa shape index (κ3) is 4.20. The van der Waals surface area contributed by atoms with Gasteiger partial charge in [0.2, 0.25) is 0 Å². The van der Waals surface area contributed by atoms with Gasteiger partial charge in [0, 0.05) is 5.25 Å². The van der Waals surface area contributed by atoms with Crippen LogP contribution in [0, 0.1) is 5.41 Å². The van der Waals surface area contributed by atoms with Gasteiger partial charge in [0.05, 0.1) is 6.04 Å². The Bertz CT molecular complexity index is 251. The van der Waals surface area contributed by atoms with Crippen LogP contribution in [-0.2, 0) is 0 Å². The molecule has 1 N–H and O–H groups in total. The van der Waals surface area contributed by atoms with Crippen LogP contribution in [0.4, 0.5) is 4.79 Å². The topological polar surface area (TPSA) is 29.1 Å². The monoisotopic (exact) mass is 241 g/mol. The Morgan fingerprint density at radius 1 is 1.44 bits per heavy atom. The second-order valence-corrected chi connectivity index (χ2v) is 6.81. The van der Waals surface area contributed by atoms with Crippen LogP contribution in [-0.4, -0.2) is 16.5 Å². The van der Waals surface area contributed by atoms with Gasteiger partial charge in [-0.2, -0.15) is 0 Å². The van der Waals surface area contributed by atoms with Gasteiger partial charge in [0.25, 0.3) is 5.24 Å². The Morgan fingerprint density at radius 2 is 2.00 bits per heavy atom. The molecule has 0 heterocycles. The number of rotatable bonds is 3. The van der Waals surface area contributed by atoms with Crippen molar-refractivity contribution in [2.45, 2.75) is 57.7 Å². The summed E-state index contributed by atoms with van der Waals surface area (Å²) in [5.74, 6) is 0. The number of carbonyl (C=O) groups excluding carboxylic acids is 1. The summed E-state index contributed by atoms with van der Waals surface area (Å²) < 4.78 is 0. The van der Waals surface area contributed by atoms with Crippen molar-refractivity contribution in [2.24, 2.45) is 5.41 Å². The zero-order valence-corrected chi connectivity index (χ0v) is 11.4. The van der Waals surface area contributed by atoms with E-state index in [1.165, 1.54) is 37.4 Å². The molecule has 0 unspecified atom stereocenters. The molecule has 0 bridgehead atoms.